The molecule has 210 valence electrons. The molecule has 38 heavy (non-hydrogen) atoms. The molecule has 4 nitrogen and oxygen atoms in total. The number of hydrogen-bond acceptors (Lipinski definition) is 3. The summed E-state index contributed by atoms with van der Waals surface area (Å²) < 4.78 is 0. The monoisotopic (exact) mass is 522 g/mol. The molecule has 0 spiro atoms. The molecule has 2 rings (SSSR count). The van der Waals surface area contributed by atoms with Crippen LogP contribution >= 0.6 is 0 Å². The summed E-state index contributed by atoms with van der Waals surface area (Å²) in [5.41, 5.74) is 4.82. The van der Waals surface area contributed by atoms with Gasteiger partial charge in [0.1, 0.15) is 11.5 Å². The molecule has 0 aliphatic heterocycles. The average molecular weight is 523 g/mol. The van der Waals surface area contributed by atoms with Gasteiger partial charge in [0.2, 0.25) is 0 Å². The smallest absolute Gasteiger partial charge is 0.303 e. The lowest BCUT2D eigenvalue weighted by Crippen LogP contribution is -1.93. The van der Waals surface area contributed by atoms with Gasteiger partial charge >= 0.3 is 5.97 Å². The molecule has 2 aromatic rings. The number of aromatic hydroxyl groups is 2. The van der Waals surface area contributed by atoms with E-state index in [2.05, 4.69) is 32.9 Å². The van der Waals surface area contributed by atoms with Crippen molar-refractivity contribution in [1.82, 2.24) is 0 Å². The summed E-state index contributed by atoms with van der Waals surface area (Å²) in [4.78, 5) is 10.3. The molecule has 0 atom stereocenters. The van der Waals surface area contributed by atoms with Crippen molar-refractivity contribution in [2.75, 3.05) is 0 Å². The summed E-state index contributed by atoms with van der Waals surface area (Å²) in [5.74, 6) is -0.0974. The van der Waals surface area contributed by atoms with Crippen LogP contribution in [0.5, 0.6) is 11.5 Å². The summed E-state index contributed by atoms with van der Waals surface area (Å²) in [6, 6.07) is 14.7. The number of phenolic OH excluding ortho intramolecular Hbond substituents is 2. The summed E-state index contributed by atoms with van der Waals surface area (Å²) >= 11 is 0. The standard InChI is InChI=1S/C18H20O2.C16H30O2/c1-3-17(13-5-9-15(19)10-6-13)18(4-2)14-7-11-16(20)12-8-14;1-2-3-4-5-6-7-8-9-10-11-12-13-14-15-16(17)18/h5-12,19-20H,3-4H2,1-2H3;7-8H,2-6,9-15H2,1H3,(H,17,18)/b18-17+;8-7-. The Morgan fingerprint density at radius 1 is 0.605 bits per heavy atom. The maximum Gasteiger partial charge on any atom is 0.303 e. The van der Waals surface area contributed by atoms with E-state index in [1.54, 1.807) is 24.3 Å². The fraction of sp³-hybridized carbons (Fsp3) is 0.500. The number of carbonyl (C=O) groups is 1. The van der Waals surface area contributed by atoms with Gasteiger partial charge in [-0.25, -0.2) is 0 Å². The van der Waals surface area contributed by atoms with Crippen molar-refractivity contribution in [2.24, 2.45) is 0 Å². The highest BCUT2D eigenvalue weighted by atomic mass is 16.4. The van der Waals surface area contributed by atoms with Gasteiger partial charge in [0, 0.05) is 6.42 Å². The van der Waals surface area contributed by atoms with Crippen LogP contribution in [-0.4, -0.2) is 21.3 Å². The summed E-state index contributed by atoms with van der Waals surface area (Å²) in [5, 5.41) is 27.3. The number of benzene rings is 2. The van der Waals surface area contributed by atoms with E-state index < -0.39 is 5.97 Å². The van der Waals surface area contributed by atoms with Crippen molar-refractivity contribution in [1.29, 1.82) is 0 Å². The molecule has 0 saturated carbocycles. The van der Waals surface area contributed by atoms with Crippen molar-refractivity contribution in [3.63, 3.8) is 0 Å². The fourth-order valence-corrected chi connectivity index (χ4v) is 4.50. The predicted molar refractivity (Wildman–Crippen MR) is 161 cm³/mol. The van der Waals surface area contributed by atoms with Crippen LogP contribution < -0.4 is 0 Å². The second-order valence-electron chi connectivity index (χ2n) is 9.78. The zero-order valence-electron chi connectivity index (χ0n) is 23.9. The van der Waals surface area contributed by atoms with Gasteiger partial charge in [0.25, 0.3) is 0 Å². The molecule has 0 heterocycles. The second-order valence-corrected chi connectivity index (χ2v) is 9.78. The van der Waals surface area contributed by atoms with Crippen LogP contribution in [0.25, 0.3) is 11.1 Å². The third-order valence-corrected chi connectivity index (χ3v) is 6.66. The van der Waals surface area contributed by atoms with Gasteiger partial charge in [-0.05, 0) is 91.5 Å². The van der Waals surface area contributed by atoms with E-state index in [9.17, 15) is 15.0 Å². The van der Waals surface area contributed by atoms with E-state index in [0.717, 1.165) is 36.8 Å². The maximum atomic E-state index is 10.3. The van der Waals surface area contributed by atoms with Gasteiger partial charge in [0.05, 0.1) is 0 Å². The Bertz CT molecular complexity index is 884. The van der Waals surface area contributed by atoms with Crippen LogP contribution in [-0.2, 0) is 4.79 Å². The Kier molecular flexibility index (Phi) is 18.2. The first-order valence-electron chi connectivity index (χ1n) is 14.6. The minimum Gasteiger partial charge on any atom is -0.508 e. The first-order valence-corrected chi connectivity index (χ1v) is 14.6. The summed E-state index contributed by atoms with van der Waals surface area (Å²) in [7, 11) is 0. The fourth-order valence-electron chi connectivity index (χ4n) is 4.50. The van der Waals surface area contributed by atoms with Crippen molar-refractivity contribution < 1.29 is 20.1 Å². The lowest BCUT2D eigenvalue weighted by Gasteiger charge is -2.14. The van der Waals surface area contributed by atoms with Gasteiger partial charge in [-0.3, -0.25) is 4.79 Å². The minimum atomic E-state index is -0.666. The number of carboxylic acid groups (broad SMARTS) is 1. The predicted octanol–water partition coefficient (Wildman–Crippen LogP) is 10.2. The minimum absolute atomic E-state index is 0.284. The first kappa shape index (κ1) is 33.0. The molecular weight excluding hydrogens is 472 g/mol. The van der Waals surface area contributed by atoms with E-state index in [4.69, 9.17) is 5.11 Å². The van der Waals surface area contributed by atoms with E-state index in [1.807, 2.05) is 24.3 Å². The van der Waals surface area contributed by atoms with Gasteiger partial charge in [-0.1, -0.05) is 95.7 Å². The molecule has 0 saturated heterocycles. The van der Waals surface area contributed by atoms with Gasteiger partial charge in [-0.15, -0.1) is 0 Å². The number of carboxylic acids is 1. The third kappa shape index (κ3) is 14.7. The van der Waals surface area contributed by atoms with Crippen LogP contribution in [0.15, 0.2) is 60.7 Å². The van der Waals surface area contributed by atoms with Gasteiger partial charge < -0.3 is 15.3 Å². The highest BCUT2D eigenvalue weighted by molar-refractivity contribution is 5.90. The van der Waals surface area contributed by atoms with Crippen molar-refractivity contribution >= 4 is 17.1 Å². The Morgan fingerprint density at radius 3 is 1.39 bits per heavy atom. The molecule has 0 aliphatic carbocycles. The number of rotatable bonds is 17. The molecular formula is C34H50O4. The molecule has 4 heteroatoms. The molecule has 0 fully saturated rings. The quantitative estimate of drug-likeness (QED) is 0.110. The third-order valence-electron chi connectivity index (χ3n) is 6.66. The van der Waals surface area contributed by atoms with Crippen molar-refractivity contribution in [2.45, 2.75) is 111 Å². The molecule has 0 radical (unpaired) electrons. The lowest BCUT2D eigenvalue weighted by molar-refractivity contribution is -0.137. The highest BCUT2D eigenvalue weighted by Crippen LogP contribution is 2.32. The normalized spacial score (nSPS) is 11.7. The van der Waals surface area contributed by atoms with Crippen LogP contribution in [0.1, 0.15) is 122 Å². The number of aliphatic carboxylic acids is 1. The zero-order chi connectivity index (χ0) is 28.0. The Labute approximate surface area is 231 Å². The molecule has 0 amide bonds. The maximum absolute atomic E-state index is 10.3. The Hall–Kier alpha value is -3.01. The topological polar surface area (TPSA) is 77.8 Å². The number of phenols is 2. The molecule has 0 aliphatic rings. The van der Waals surface area contributed by atoms with E-state index >= 15 is 0 Å². The lowest BCUT2D eigenvalue weighted by atomic mass is 9.91. The van der Waals surface area contributed by atoms with Crippen molar-refractivity contribution in [3.8, 4) is 11.5 Å². The Balaban J connectivity index is 0.000000383. The second kappa shape index (κ2) is 21.0. The Morgan fingerprint density at radius 2 is 1.00 bits per heavy atom. The summed E-state index contributed by atoms with van der Waals surface area (Å²) in [6.07, 6.45) is 20.2. The molecule has 0 aromatic heterocycles. The van der Waals surface area contributed by atoms with Gasteiger partial charge in [-0.2, -0.15) is 0 Å². The van der Waals surface area contributed by atoms with Crippen LogP contribution in [0, 0.1) is 0 Å². The molecule has 2 aromatic carbocycles. The van der Waals surface area contributed by atoms with Gasteiger partial charge in [0.15, 0.2) is 0 Å². The van der Waals surface area contributed by atoms with E-state index in [0.29, 0.717) is 6.42 Å². The van der Waals surface area contributed by atoms with Crippen molar-refractivity contribution in [3.05, 3.63) is 71.8 Å². The summed E-state index contributed by atoms with van der Waals surface area (Å²) in [6.45, 7) is 6.52. The highest BCUT2D eigenvalue weighted by Gasteiger charge is 2.09. The first-order chi connectivity index (χ1) is 18.4. The zero-order valence-corrected chi connectivity index (χ0v) is 23.9. The largest absolute Gasteiger partial charge is 0.508 e. The van der Waals surface area contributed by atoms with E-state index in [1.165, 1.54) is 68.9 Å². The SMILES string of the molecule is CC/C(=C(/CC)c1ccc(O)cc1)c1ccc(O)cc1.CCCCCC/C=C\CCCCCCCC(=O)O. The molecule has 3 N–H and O–H groups in total. The number of allylic oxidation sites excluding steroid dienone is 4. The number of unbranched alkanes of at least 4 members (excludes halogenated alkanes) is 9. The van der Waals surface area contributed by atoms with Crippen LogP contribution in [0.2, 0.25) is 0 Å². The number of hydrogen-bond donors (Lipinski definition) is 3. The average Bonchev–Trinajstić information content (AvgIpc) is 2.91. The van der Waals surface area contributed by atoms with E-state index in [-0.39, 0.29) is 11.5 Å². The molecule has 0 bridgehead atoms. The van der Waals surface area contributed by atoms with Crippen LogP contribution in [0.4, 0.5) is 0 Å². The van der Waals surface area contributed by atoms with Crippen LogP contribution in [0.3, 0.4) is 0 Å². The molecule has 0 unspecified atom stereocenters.